The predicted octanol–water partition coefficient (Wildman–Crippen LogP) is 3.15. The molecule has 2 aromatic carbocycles. The van der Waals surface area contributed by atoms with Crippen molar-refractivity contribution in [1.29, 1.82) is 0 Å². The molecule has 2 rings (SSSR count). The van der Waals surface area contributed by atoms with E-state index in [4.69, 9.17) is 11.6 Å². The van der Waals surface area contributed by atoms with Gasteiger partial charge in [0.05, 0.1) is 0 Å². The Morgan fingerprint density at radius 2 is 1.88 bits per heavy atom. The van der Waals surface area contributed by atoms with Crippen molar-refractivity contribution < 1.29 is 4.79 Å². The second-order valence-electron chi connectivity index (χ2n) is 3.94. The first-order chi connectivity index (χ1) is 8.24. The lowest BCUT2D eigenvalue weighted by atomic mass is 10.0. The van der Waals surface area contributed by atoms with Crippen LogP contribution in [0.2, 0.25) is 0 Å². The summed E-state index contributed by atoms with van der Waals surface area (Å²) in [5, 5.41) is 2.07. The quantitative estimate of drug-likeness (QED) is 0.763. The summed E-state index contributed by atoms with van der Waals surface area (Å²) in [7, 11) is 1.77. The molecule has 0 atom stereocenters. The van der Waals surface area contributed by atoms with E-state index in [0.29, 0.717) is 12.4 Å². The second-order valence-corrected chi connectivity index (χ2v) is 4.32. The molecule has 0 bridgehead atoms. The van der Waals surface area contributed by atoms with Crippen molar-refractivity contribution in [2.24, 2.45) is 0 Å². The molecule has 0 aliphatic heterocycles. The largest absolute Gasteiger partial charge is 0.340 e. The Balaban J connectivity index is 2.45. The SMILES string of the molecule is CN(CCCl)C(=O)c1cccc2ccccc12. The summed E-state index contributed by atoms with van der Waals surface area (Å²) in [4.78, 5) is 13.9. The number of nitrogens with zero attached hydrogens (tertiary/aromatic N) is 1. The van der Waals surface area contributed by atoms with Gasteiger partial charge in [-0.2, -0.15) is 0 Å². The zero-order chi connectivity index (χ0) is 12.3. The summed E-state index contributed by atoms with van der Waals surface area (Å²) in [6, 6.07) is 13.7. The van der Waals surface area contributed by atoms with E-state index in [1.807, 2.05) is 42.5 Å². The third-order valence-electron chi connectivity index (χ3n) is 2.79. The van der Waals surface area contributed by atoms with E-state index >= 15 is 0 Å². The summed E-state index contributed by atoms with van der Waals surface area (Å²) in [5.41, 5.74) is 0.732. The highest BCUT2D eigenvalue weighted by Crippen LogP contribution is 2.19. The van der Waals surface area contributed by atoms with E-state index < -0.39 is 0 Å². The molecule has 0 fully saturated rings. The van der Waals surface area contributed by atoms with Crippen LogP contribution in [0.25, 0.3) is 10.8 Å². The lowest BCUT2D eigenvalue weighted by Crippen LogP contribution is -2.28. The topological polar surface area (TPSA) is 20.3 Å². The summed E-state index contributed by atoms with van der Waals surface area (Å²) in [6.45, 7) is 0.559. The van der Waals surface area contributed by atoms with E-state index in [2.05, 4.69) is 0 Å². The second kappa shape index (κ2) is 5.19. The van der Waals surface area contributed by atoms with Gasteiger partial charge in [0.2, 0.25) is 0 Å². The Kier molecular flexibility index (Phi) is 3.64. The van der Waals surface area contributed by atoms with Crippen LogP contribution in [0.3, 0.4) is 0 Å². The van der Waals surface area contributed by atoms with Gasteiger partial charge in [0, 0.05) is 25.0 Å². The molecule has 2 aromatic rings. The minimum atomic E-state index is 0.0162. The number of hydrogen-bond acceptors (Lipinski definition) is 1. The van der Waals surface area contributed by atoms with Crippen molar-refractivity contribution in [3.05, 3.63) is 48.0 Å². The molecule has 0 spiro atoms. The zero-order valence-corrected chi connectivity index (χ0v) is 10.4. The molecule has 0 saturated carbocycles. The highest BCUT2D eigenvalue weighted by molar-refractivity contribution is 6.18. The molecular formula is C14H14ClNO. The van der Waals surface area contributed by atoms with E-state index in [1.54, 1.807) is 11.9 Å². The molecular weight excluding hydrogens is 234 g/mol. The van der Waals surface area contributed by atoms with Gasteiger partial charge >= 0.3 is 0 Å². The molecule has 0 saturated heterocycles. The Labute approximate surface area is 106 Å². The maximum atomic E-state index is 12.2. The Hall–Kier alpha value is -1.54. The summed E-state index contributed by atoms with van der Waals surface area (Å²) in [6.07, 6.45) is 0. The molecule has 0 aromatic heterocycles. The minimum absolute atomic E-state index is 0.0162. The molecule has 1 amide bonds. The van der Waals surface area contributed by atoms with Crippen molar-refractivity contribution in [1.82, 2.24) is 4.90 Å². The van der Waals surface area contributed by atoms with Crippen molar-refractivity contribution in [3.63, 3.8) is 0 Å². The molecule has 88 valence electrons. The summed E-state index contributed by atoms with van der Waals surface area (Å²) >= 11 is 5.65. The number of halogens is 1. The maximum Gasteiger partial charge on any atom is 0.254 e. The van der Waals surface area contributed by atoms with Gasteiger partial charge in [0.25, 0.3) is 5.91 Å². The van der Waals surface area contributed by atoms with Crippen LogP contribution in [0.4, 0.5) is 0 Å². The highest BCUT2D eigenvalue weighted by Gasteiger charge is 2.13. The molecule has 0 heterocycles. The maximum absolute atomic E-state index is 12.2. The fourth-order valence-corrected chi connectivity index (χ4v) is 2.10. The van der Waals surface area contributed by atoms with E-state index in [1.165, 1.54) is 0 Å². The Morgan fingerprint density at radius 3 is 2.65 bits per heavy atom. The summed E-state index contributed by atoms with van der Waals surface area (Å²) in [5.74, 6) is 0.468. The van der Waals surface area contributed by atoms with Crippen LogP contribution in [-0.4, -0.2) is 30.3 Å². The van der Waals surface area contributed by atoms with Crippen LogP contribution >= 0.6 is 11.6 Å². The monoisotopic (exact) mass is 247 g/mol. The molecule has 0 radical (unpaired) electrons. The van der Waals surface area contributed by atoms with Crippen LogP contribution in [-0.2, 0) is 0 Å². The van der Waals surface area contributed by atoms with Gasteiger partial charge in [0.15, 0.2) is 0 Å². The van der Waals surface area contributed by atoms with Gasteiger partial charge in [-0.25, -0.2) is 0 Å². The van der Waals surface area contributed by atoms with Crippen molar-refractivity contribution in [3.8, 4) is 0 Å². The third kappa shape index (κ3) is 2.42. The highest BCUT2D eigenvalue weighted by atomic mass is 35.5. The Morgan fingerprint density at radius 1 is 1.18 bits per heavy atom. The molecule has 0 N–H and O–H groups in total. The zero-order valence-electron chi connectivity index (χ0n) is 9.69. The van der Waals surface area contributed by atoms with Crippen LogP contribution in [0.15, 0.2) is 42.5 Å². The molecule has 17 heavy (non-hydrogen) atoms. The molecule has 3 heteroatoms. The minimum Gasteiger partial charge on any atom is -0.340 e. The fourth-order valence-electron chi connectivity index (χ4n) is 1.85. The van der Waals surface area contributed by atoms with Crippen molar-refractivity contribution in [2.45, 2.75) is 0 Å². The predicted molar refractivity (Wildman–Crippen MR) is 71.6 cm³/mol. The van der Waals surface area contributed by atoms with Crippen LogP contribution < -0.4 is 0 Å². The smallest absolute Gasteiger partial charge is 0.254 e. The number of alkyl halides is 1. The first-order valence-corrected chi connectivity index (χ1v) is 6.06. The normalized spacial score (nSPS) is 10.5. The van der Waals surface area contributed by atoms with Crippen LogP contribution in [0, 0.1) is 0 Å². The van der Waals surface area contributed by atoms with Gasteiger partial charge in [0.1, 0.15) is 0 Å². The van der Waals surface area contributed by atoms with Gasteiger partial charge in [-0.05, 0) is 16.8 Å². The van der Waals surface area contributed by atoms with E-state index in [0.717, 1.165) is 16.3 Å². The van der Waals surface area contributed by atoms with E-state index in [-0.39, 0.29) is 5.91 Å². The number of rotatable bonds is 3. The lowest BCUT2D eigenvalue weighted by Gasteiger charge is -2.16. The van der Waals surface area contributed by atoms with Gasteiger partial charge in [-0.1, -0.05) is 36.4 Å². The average Bonchev–Trinajstić information content (AvgIpc) is 2.37. The Bertz CT molecular complexity index is 533. The van der Waals surface area contributed by atoms with Crippen LogP contribution in [0.1, 0.15) is 10.4 Å². The lowest BCUT2D eigenvalue weighted by molar-refractivity contribution is 0.0805. The number of carbonyl (C=O) groups is 1. The van der Waals surface area contributed by atoms with Gasteiger partial charge < -0.3 is 4.90 Å². The average molecular weight is 248 g/mol. The van der Waals surface area contributed by atoms with Gasteiger partial charge in [-0.3, -0.25) is 4.79 Å². The molecule has 0 unspecified atom stereocenters. The standard InChI is InChI=1S/C14H14ClNO/c1-16(10-9-15)14(17)13-8-4-6-11-5-2-3-7-12(11)13/h2-8H,9-10H2,1H3. The number of hydrogen-bond donors (Lipinski definition) is 0. The first kappa shape index (κ1) is 11.9. The summed E-state index contributed by atoms with van der Waals surface area (Å²) < 4.78 is 0. The first-order valence-electron chi connectivity index (χ1n) is 5.53. The fraction of sp³-hybridized carbons (Fsp3) is 0.214. The molecule has 2 nitrogen and oxygen atoms in total. The number of fused-ring (bicyclic) bond motifs is 1. The molecule has 0 aliphatic carbocycles. The van der Waals surface area contributed by atoms with Gasteiger partial charge in [-0.15, -0.1) is 11.6 Å². The number of amides is 1. The van der Waals surface area contributed by atoms with Crippen LogP contribution in [0.5, 0.6) is 0 Å². The number of benzene rings is 2. The van der Waals surface area contributed by atoms with Crippen molar-refractivity contribution >= 4 is 28.3 Å². The molecule has 0 aliphatic rings. The van der Waals surface area contributed by atoms with Crippen molar-refractivity contribution in [2.75, 3.05) is 19.5 Å². The number of carbonyl (C=O) groups excluding carboxylic acids is 1. The van der Waals surface area contributed by atoms with E-state index in [9.17, 15) is 4.79 Å². The third-order valence-corrected chi connectivity index (χ3v) is 2.96.